The van der Waals surface area contributed by atoms with Gasteiger partial charge in [0.15, 0.2) is 5.78 Å². The Morgan fingerprint density at radius 2 is 2.06 bits per heavy atom. The van der Waals surface area contributed by atoms with Crippen LogP contribution in [0.2, 0.25) is 4.34 Å². The molecule has 0 unspecified atom stereocenters. The monoisotopic (exact) mass is 332 g/mol. The Morgan fingerprint density at radius 3 is 2.76 bits per heavy atom. The van der Waals surface area contributed by atoms with E-state index in [9.17, 15) is 4.79 Å². The van der Waals surface area contributed by atoms with Gasteiger partial charge in [-0.3, -0.25) is 4.79 Å². The summed E-state index contributed by atoms with van der Waals surface area (Å²) >= 11 is 11.3. The minimum atomic E-state index is -0.0150. The number of carbonyl (C=O) groups excluding carboxylic acids is 1. The van der Waals surface area contributed by atoms with E-state index in [2.05, 4.69) is 15.9 Å². The number of hydrogen-bond acceptors (Lipinski definition) is 2. The standard InChI is InChI=1S/C13H14BrClOS/c14-9-7-13(4-2-1-3-5-13)12-8(11(9)16)6-10(15)17-12/h6,9H,1-5,7H2/t9-/m1/s1. The van der Waals surface area contributed by atoms with Gasteiger partial charge in [-0.1, -0.05) is 46.8 Å². The molecular weight excluding hydrogens is 320 g/mol. The first kappa shape index (κ1) is 12.2. The van der Waals surface area contributed by atoms with E-state index in [1.165, 1.54) is 37.0 Å². The van der Waals surface area contributed by atoms with Crippen molar-refractivity contribution in [2.24, 2.45) is 0 Å². The fourth-order valence-corrected chi connectivity index (χ4v) is 5.65. The third-order valence-electron chi connectivity index (χ3n) is 4.11. The van der Waals surface area contributed by atoms with Crippen LogP contribution < -0.4 is 0 Å². The average Bonchev–Trinajstić information content (AvgIpc) is 2.71. The fourth-order valence-electron chi connectivity index (χ4n) is 3.29. The van der Waals surface area contributed by atoms with Gasteiger partial charge in [0.2, 0.25) is 0 Å². The highest BCUT2D eigenvalue weighted by atomic mass is 79.9. The van der Waals surface area contributed by atoms with E-state index >= 15 is 0 Å². The maximum atomic E-state index is 12.2. The Kier molecular flexibility index (Phi) is 3.12. The molecule has 1 fully saturated rings. The zero-order valence-electron chi connectivity index (χ0n) is 9.47. The van der Waals surface area contributed by atoms with E-state index in [1.54, 1.807) is 11.3 Å². The van der Waals surface area contributed by atoms with Gasteiger partial charge in [0.05, 0.1) is 9.16 Å². The molecule has 0 aliphatic heterocycles. The van der Waals surface area contributed by atoms with Crippen LogP contribution in [0.3, 0.4) is 0 Å². The van der Waals surface area contributed by atoms with Gasteiger partial charge in [0.25, 0.3) is 0 Å². The predicted octanol–water partition coefficient (Wildman–Crippen LogP) is 4.95. The number of rotatable bonds is 0. The van der Waals surface area contributed by atoms with Crippen molar-refractivity contribution < 1.29 is 4.79 Å². The van der Waals surface area contributed by atoms with Crippen LogP contribution in [0, 0.1) is 0 Å². The minimum Gasteiger partial charge on any atom is -0.293 e. The lowest BCUT2D eigenvalue weighted by Gasteiger charge is -2.41. The number of thiophene rings is 1. The van der Waals surface area contributed by atoms with Crippen molar-refractivity contribution in [3.8, 4) is 0 Å². The summed E-state index contributed by atoms with van der Waals surface area (Å²) in [7, 11) is 0. The molecule has 92 valence electrons. The normalized spacial score (nSPS) is 27.2. The third kappa shape index (κ3) is 1.91. The van der Waals surface area contributed by atoms with Gasteiger partial charge in [0, 0.05) is 15.9 Å². The highest BCUT2D eigenvalue weighted by molar-refractivity contribution is 9.10. The van der Waals surface area contributed by atoms with Crippen LogP contribution in [-0.4, -0.2) is 10.6 Å². The molecule has 1 aromatic rings. The highest BCUT2D eigenvalue weighted by Gasteiger charge is 2.45. The number of Topliss-reactive ketones (excluding diaryl/α,β-unsaturated/α-hetero) is 1. The van der Waals surface area contributed by atoms with Gasteiger partial charge >= 0.3 is 0 Å². The van der Waals surface area contributed by atoms with Crippen LogP contribution in [-0.2, 0) is 5.41 Å². The second kappa shape index (κ2) is 4.36. The Balaban J connectivity index is 2.11. The number of alkyl halides is 1. The van der Waals surface area contributed by atoms with Crippen LogP contribution in [0.25, 0.3) is 0 Å². The van der Waals surface area contributed by atoms with E-state index in [-0.39, 0.29) is 16.0 Å². The average molecular weight is 334 g/mol. The molecular formula is C13H14BrClOS. The highest BCUT2D eigenvalue weighted by Crippen LogP contribution is 2.52. The molecule has 0 aromatic carbocycles. The fraction of sp³-hybridized carbons (Fsp3) is 0.615. The van der Waals surface area contributed by atoms with Gasteiger partial charge < -0.3 is 0 Å². The van der Waals surface area contributed by atoms with E-state index in [4.69, 9.17) is 11.6 Å². The summed E-state index contributed by atoms with van der Waals surface area (Å²) in [6, 6.07) is 1.87. The van der Waals surface area contributed by atoms with Gasteiger partial charge in [-0.2, -0.15) is 0 Å². The molecule has 2 aliphatic carbocycles. The molecule has 4 heteroatoms. The Labute approximate surface area is 119 Å². The molecule has 0 saturated heterocycles. The summed E-state index contributed by atoms with van der Waals surface area (Å²) in [5.41, 5.74) is 1.11. The number of fused-ring (bicyclic) bond motifs is 2. The second-order valence-corrected chi connectivity index (χ2v) is 7.96. The lowest BCUT2D eigenvalue weighted by atomic mass is 9.66. The molecule has 1 spiro atoms. The molecule has 1 aromatic heterocycles. The van der Waals surface area contributed by atoms with Gasteiger partial charge in [-0.25, -0.2) is 0 Å². The first-order valence-electron chi connectivity index (χ1n) is 6.10. The van der Waals surface area contributed by atoms with Gasteiger partial charge in [-0.05, 0) is 25.3 Å². The molecule has 0 radical (unpaired) electrons. The number of halogens is 2. The Morgan fingerprint density at radius 1 is 1.35 bits per heavy atom. The van der Waals surface area contributed by atoms with Crippen LogP contribution in [0.5, 0.6) is 0 Å². The molecule has 0 bridgehead atoms. The third-order valence-corrected chi connectivity index (χ3v) is 6.36. The van der Waals surface area contributed by atoms with Crippen LogP contribution in [0.15, 0.2) is 6.07 Å². The van der Waals surface area contributed by atoms with Crippen LogP contribution in [0.4, 0.5) is 0 Å². The number of carbonyl (C=O) groups is 1. The Bertz CT molecular complexity index is 462. The molecule has 1 saturated carbocycles. The Hall–Kier alpha value is 0.140. The quantitative estimate of drug-likeness (QED) is 0.614. The zero-order chi connectivity index (χ0) is 12.0. The van der Waals surface area contributed by atoms with Crippen molar-refractivity contribution in [1.82, 2.24) is 0 Å². The van der Waals surface area contributed by atoms with Crippen molar-refractivity contribution in [1.29, 1.82) is 0 Å². The summed E-state index contributed by atoms with van der Waals surface area (Å²) in [5, 5.41) is 0. The first-order valence-corrected chi connectivity index (χ1v) is 8.21. The van der Waals surface area contributed by atoms with Crippen molar-refractivity contribution in [3.63, 3.8) is 0 Å². The molecule has 0 N–H and O–H groups in total. The summed E-state index contributed by atoms with van der Waals surface area (Å²) < 4.78 is 0.759. The minimum absolute atomic E-state index is 0.0150. The van der Waals surface area contributed by atoms with E-state index < -0.39 is 0 Å². The lowest BCUT2D eigenvalue weighted by molar-refractivity contribution is 0.0953. The summed E-state index contributed by atoms with van der Waals surface area (Å²) in [5.74, 6) is 0.222. The van der Waals surface area contributed by atoms with E-state index in [0.717, 1.165) is 16.3 Å². The van der Waals surface area contributed by atoms with Gasteiger partial charge in [-0.15, -0.1) is 11.3 Å². The smallest absolute Gasteiger partial charge is 0.177 e. The molecule has 3 rings (SSSR count). The lowest BCUT2D eigenvalue weighted by Crippen LogP contribution is -2.39. The number of ketones is 1. The van der Waals surface area contributed by atoms with E-state index in [0.29, 0.717) is 0 Å². The molecule has 1 atom stereocenters. The summed E-state index contributed by atoms with van der Waals surface area (Å²) in [4.78, 5) is 13.4. The van der Waals surface area contributed by atoms with Crippen LogP contribution in [0.1, 0.15) is 53.8 Å². The van der Waals surface area contributed by atoms with Crippen molar-refractivity contribution in [3.05, 3.63) is 20.8 Å². The van der Waals surface area contributed by atoms with Crippen molar-refractivity contribution in [2.45, 2.75) is 48.8 Å². The van der Waals surface area contributed by atoms with Crippen LogP contribution >= 0.6 is 38.9 Å². The van der Waals surface area contributed by atoms with Crippen molar-refractivity contribution >= 4 is 44.7 Å². The summed E-state index contributed by atoms with van der Waals surface area (Å²) in [6.07, 6.45) is 7.27. The molecule has 17 heavy (non-hydrogen) atoms. The summed E-state index contributed by atoms with van der Waals surface area (Å²) in [6.45, 7) is 0. The van der Waals surface area contributed by atoms with Gasteiger partial charge in [0.1, 0.15) is 0 Å². The van der Waals surface area contributed by atoms with E-state index in [1.807, 2.05) is 6.07 Å². The zero-order valence-corrected chi connectivity index (χ0v) is 12.6. The molecule has 1 heterocycles. The maximum absolute atomic E-state index is 12.2. The predicted molar refractivity (Wildman–Crippen MR) is 75.8 cm³/mol. The largest absolute Gasteiger partial charge is 0.293 e. The number of hydrogen-bond donors (Lipinski definition) is 0. The second-order valence-electron chi connectivity index (χ2n) is 5.17. The molecule has 1 nitrogen and oxygen atoms in total. The van der Waals surface area contributed by atoms with Crippen molar-refractivity contribution in [2.75, 3.05) is 0 Å². The molecule has 0 amide bonds. The topological polar surface area (TPSA) is 17.1 Å². The SMILES string of the molecule is O=C1c2cc(Cl)sc2C2(CCCCC2)C[C@H]1Br. The first-order chi connectivity index (χ1) is 8.12. The molecule has 2 aliphatic rings. The maximum Gasteiger partial charge on any atom is 0.177 e.